The molecule has 0 saturated carbocycles. The molecular formula is C19H18ClF3N2O4. The molecule has 156 valence electrons. The predicted octanol–water partition coefficient (Wildman–Crippen LogP) is 4.02. The summed E-state index contributed by atoms with van der Waals surface area (Å²) in [5.74, 6) is -0.883. The van der Waals surface area contributed by atoms with E-state index in [0.29, 0.717) is 10.8 Å². The van der Waals surface area contributed by atoms with E-state index in [2.05, 4.69) is 10.1 Å². The molecule has 10 heteroatoms. The van der Waals surface area contributed by atoms with E-state index in [4.69, 9.17) is 16.3 Å². The molecule has 0 fully saturated rings. The molecule has 2 amide bonds. The van der Waals surface area contributed by atoms with E-state index in [1.807, 2.05) is 0 Å². The van der Waals surface area contributed by atoms with E-state index in [1.54, 1.807) is 25.1 Å². The molecule has 0 aromatic heterocycles. The number of carbonyl (C=O) groups is 2. The quantitative estimate of drug-likeness (QED) is 0.720. The van der Waals surface area contributed by atoms with Gasteiger partial charge in [-0.1, -0.05) is 11.6 Å². The number of hydrogen-bond donors (Lipinski definition) is 1. The molecule has 0 unspecified atom stereocenters. The molecule has 0 saturated heterocycles. The number of hydrogen-bond acceptors (Lipinski definition) is 4. The SMILES string of the molecule is Cc1cc(OCC(=O)N(C)CC(=O)Nc2ccc(OC(F)(F)F)cc2)ccc1Cl. The van der Waals surface area contributed by atoms with Crippen LogP contribution in [0.4, 0.5) is 18.9 Å². The van der Waals surface area contributed by atoms with Crippen molar-refractivity contribution in [3.05, 3.63) is 53.1 Å². The topological polar surface area (TPSA) is 67.9 Å². The van der Waals surface area contributed by atoms with Crippen LogP contribution in [0.2, 0.25) is 5.02 Å². The predicted molar refractivity (Wildman–Crippen MR) is 101 cm³/mol. The smallest absolute Gasteiger partial charge is 0.484 e. The van der Waals surface area contributed by atoms with Gasteiger partial charge in [0.05, 0.1) is 6.54 Å². The van der Waals surface area contributed by atoms with Gasteiger partial charge in [-0.3, -0.25) is 9.59 Å². The molecule has 0 aliphatic heterocycles. The van der Waals surface area contributed by atoms with Crippen LogP contribution in [0.5, 0.6) is 11.5 Å². The maximum Gasteiger partial charge on any atom is 0.573 e. The number of nitrogens with zero attached hydrogens (tertiary/aromatic N) is 1. The molecule has 0 aliphatic carbocycles. The molecular weight excluding hydrogens is 413 g/mol. The molecule has 0 bridgehead atoms. The van der Waals surface area contributed by atoms with E-state index < -0.39 is 23.9 Å². The molecule has 29 heavy (non-hydrogen) atoms. The standard InChI is InChI=1S/C19H18ClF3N2O4/c1-12-9-15(7-8-16(12)20)28-11-18(27)25(2)10-17(26)24-13-3-5-14(6-4-13)29-19(21,22)23/h3-9H,10-11H2,1-2H3,(H,24,26). The summed E-state index contributed by atoms with van der Waals surface area (Å²) in [4.78, 5) is 25.3. The lowest BCUT2D eigenvalue weighted by atomic mass is 10.2. The van der Waals surface area contributed by atoms with E-state index >= 15 is 0 Å². The molecule has 2 aromatic carbocycles. The van der Waals surface area contributed by atoms with Crippen LogP contribution in [-0.2, 0) is 9.59 Å². The molecule has 0 spiro atoms. The lowest BCUT2D eigenvalue weighted by Crippen LogP contribution is -2.37. The molecule has 1 N–H and O–H groups in total. The van der Waals surface area contributed by atoms with Crippen molar-refractivity contribution in [2.24, 2.45) is 0 Å². The zero-order valence-electron chi connectivity index (χ0n) is 15.5. The average molecular weight is 431 g/mol. The second-order valence-electron chi connectivity index (χ2n) is 6.07. The Morgan fingerprint density at radius 1 is 1.10 bits per heavy atom. The Bertz CT molecular complexity index is 873. The van der Waals surface area contributed by atoms with Gasteiger partial charge < -0.3 is 19.7 Å². The number of nitrogens with one attached hydrogen (secondary N) is 1. The minimum Gasteiger partial charge on any atom is -0.484 e. The highest BCUT2D eigenvalue weighted by Gasteiger charge is 2.31. The Morgan fingerprint density at radius 3 is 2.31 bits per heavy atom. The fourth-order valence-electron chi connectivity index (χ4n) is 2.21. The lowest BCUT2D eigenvalue weighted by Gasteiger charge is -2.17. The van der Waals surface area contributed by atoms with Gasteiger partial charge in [-0.2, -0.15) is 0 Å². The normalized spacial score (nSPS) is 11.0. The van der Waals surface area contributed by atoms with Gasteiger partial charge in [-0.25, -0.2) is 0 Å². The second-order valence-corrected chi connectivity index (χ2v) is 6.48. The molecule has 6 nitrogen and oxygen atoms in total. The minimum atomic E-state index is -4.79. The number of aryl methyl sites for hydroxylation is 1. The van der Waals surface area contributed by atoms with Crippen molar-refractivity contribution in [1.82, 2.24) is 4.90 Å². The highest BCUT2D eigenvalue weighted by atomic mass is 35.5. The first kappa shape index (κ1) is 22.4. The van der Waals surface area contributed by atoms with Crippen LogP contribution in [0.3, 0.4) is 0 Å². The van der Waals surface area contributed by atoms with Crippen LogP contribution in [0, 0.1) is 6.92 Å². The number of alkyl halides is 3. The lowest BCUT2D eigenvalue weighted by molar-refractivity contribution is -0.274. The average Bonchev–Trinajstić information content (AvgIpc) is 2.62. The van der Waals surface area contributed by atoms with Gasteiger partial charge in [0.1, 0.15) is 11.5 Å². The number of carbonyl (C=O) groups excluding carboxylic acids is 2. The van der Waals surface area contributed by atoms with Gasteiger partial charge in [0, 0.05) is 17.8 Å². The monoisotopic (exact) mass is 430 g/mol. The number of anilines is 1. The first-order chi connectivity index (χ1) is 13.5. The first-order valence-corrected chi connectivity index (χ1v) is 8.70. The Hall–Kier alpha value is -2.94. The highest BCUT2D eigenvalue weighted by molar-refractivity contribution is 6.31. The Balaban J connectivity index is 1.81. The first-order valence-electron chi connectivity index (χ1n) is 8.32. The van der Waals surface area contributed by atoms with Crippen LogP contribution in [0.1, 0.15) is 5.56 Å². The zero-order chi connectivity index (χ0) is 21.6. The summed E-state index contributed by atoms with van der Waals surface area (Å²) in [6.45, 7) is 1.27. The van der Waals surface area contributed by atoms with E-state index in [0.717, 1.165) is 17.7 Å². The van der Waals surface area contributed by atoms with Crippen LogP contribution < -0.4 is 14.8 Å². The summed E-state index contributed by atoms with van der Waals surface area (Å²) >= 11 is 5.92. The highest BCUT2D eigenvalue weighted by Crippen LogP contribution is 2.24. The van der Waals surface area contributed by atoms with E-state index in [9.17, 15) is 22.8 Å². The van der Waals surface area contributed by atoms with Crippen LogP contribution >= 0.6 is 11.6 Å². The maximum atomic E-state index is 12.1. The molecule has 0 radical (unpaired) electrons. The molecule has 2 rings (SSSR count). The fraction of sp³-hybridized carbons (Fsp3) is 0.263. The van der Waals surface area contributed by atoms with Gasteiger partial charge in [-0.15, -0.1) is 13.2 Å². The third-order valence-electron chi connectivity index (χ3n) is 3.67. The van der Waals surface area contributed by atoms with Crippen molar-refractivity contribution in [3.63, 3.8) is 0 Å². The zero-order valence-corrected chi connectivity index (χ0v) is 16.3. The number of ether oxygens (including phenoxy) is 2. The van der Waals surface area contributed by atoms with Gasteiger partial charge in [0.15, 0.2) is 6.61 Å². The minimum absolute atomic E-state index is 0.261. The Labute approximate surface area is 170 Å². The largest absolute Gasteiger partial charge is 0.573 e. The van der Waals surface area contributed by atoms with Gasteiger partial charge >= 0.3 is 6.36 Å². The summed E-state index contributed by atoms with van der Waals surface area (Å²) in [5.41, 5.74) is 1.06. The summed E-state index contributed by atoms with van der Waals surface area (Å²) in [6.07, 6.45) is -4.79. The van der Waals surface area contributed by atoms with Crippen LogP contribution in [-0.4, -0.2) is 43.3 Å². The summed E-state index contributed by atoms with van der Waals surface area (Å²) in [7, 11) is 1.43. The van der Waals surface area contributed by atoms with Crippen molar-refractivity contribution < 1.29 is 32.2 Å². The Morgan fingerprint density at radius 2 is 1.72 bits per heavy atom. The maximum absolute atomic E-state index is 12.1. The van der Waals surface area contributed by atoms with Gasteiger partial charge in [0.25, 0.3) is 5.91 Å². The van der Waals surface area contributed by atoms with Crippen LogP contribution in [0.15, 0.2) is 42.5 Å². The Kier molecular flexibility index (Phi) is 7.33. The summed E-state index contributed by atoms with van der Waals surface area (Å²) in [5, 5.41) is 3.06. The van der Waals surface area contributed by atoms with Crippen molar-refractivity contribution in [2.45, 2.75) is 13.3 Å². The number of benzene rings is 2. The summed E-state index contributed by atoms with van der Waals surface area (Å²) < 4.78 is 45.5. The number of likely N-dealkylation sites (N-methyl/N-ethyl adjacent to an activating group) is 1. The number of rotatable bonds is 7. The molecule has 0 aliphatic rings. The van der Waals surface area contributed by atoms with E-state index in [1.165, 1.54) is 24.1 Å². The van der Waals surface area contributed by atoms with E-state index in [-0.39, 0.29) is 18.8 Å². The van der Waals surface area contributed by atoms with Gasteiger partial charge in [-0.05, 0) is 55.0 Å². The molecule has 0 heterocycles. The molecule has 2 aromatic rings. The number of amides is 2. The van der Waals surface area contributed by atoms with Crippen LogP contribution in [0.25, 0.3) is 0 Å². The third kappa shape index (κ3) is 7.53. The molecule has 0 atom stereocenters. The van der Waals surface area contributed by atoms with Crippen molar-refractivity contribution >= 4 is 29.1 Å². The fourth-order valence-corrected chi connectivity index (χ4v) is 2.32. The number of halogens is 4. The van der Waals surface area contributed by atoms with Crippen molar-refractivity contribution in [2.75, 3.05) is 25.5 Å². The second kappa shape index (κ2) is 9.51. The van der Waals surface area contributed by atoms with Crippen molar-refractivity contribution in [3.8, 4) is 11.5 Å². The third-order valence-corrected chi connectivity index (χ3v) is 4.09. The summed E-state index contributed by atoms with van der Waals surface area (Å²) in [6, 6.07) is 9.62. The van der Waals surface area contributed by atoms with Crippen molar-refractivity contribution in [1.29, 1.82) is 0 Å². The van der Waals surface area contributed by atoms with Gasteiger partial charge in [0.2, 0.25) is 5.91 Å².